The molecule has 0 unspecified atom stereocenters. The summed E-state index contributed by atoms with van der Waals surface area (Å²) >= 11 is 0. The minimum absolute atomic E-state index is 0.148. The second-order valence-corrected chi connectivity index (χ2v) is 6.23. The van der Waals surface area contributed by atoms with Gasteiger partial charge in [0.15, 0.2) is 0 Å². The van der Waals surface area contributed by atoms with Gasteiger partial charge in [-0.15, -0.1) is 0 Å². The Morgan fingerprint density at radius 2 is 1.77 bits per heavy atom. The van der Waals surface area contributed by atoms with Crippen LogP contribution in [0.1, 0.15) is 25.0 Å². The molecule has 0 aromatic heterocycles. The van der Waals surface area contributed by atoms with Crippen molar-refractivity contribution in [3.05, 3.63) is 35.4 Å². The van der Waals surface area contributed by atoms with Gasteiger partial charge in [0.05, 0.1) is 0 Å². The van der Waals surface area contributed by atoms with Crippen LogP contribution in [0.3, 0.4) is 0 Å². The molecule has 1 aliphatic heterocycles. The van der Waals surface area contributed by atoms with Gasteiger partial charge in [-0.25, -0.2) is 0 Å². The van der Waals surface area contributed by atoms with Crippen LogP contribution in [0.15, 0.2) is 24.3 Å². The monoisotopic (exact) mass is 303 g/mol. The number of piperazine rings is 1. The topological polar surface area (TPSA) is 26.8 Å². The maximum absolute atomic E-state index is 11.2. The smallest absolute Gasteiger partial charge is 0.219 e. The first kappa shape index (κ1) is 17.0. The molecular weight excluding hydrogens is 274 g/mol. The van der Waals surface area contributed by atoms with E-state index < -0.39 is 0 Å². The van der Waals surface area contributed by atoms with Crippen molar-refractivity contribution in [1.82, 2.24) is 14.7 Å². The fraction of sp³-hybridized carbons (Fsp3) is 0.611. The van der Waals surface area contributed by atoms with Gasteiger partial charge in [0.1, 0.15) is 0 Å². The van der Waals surface area contributed by atoms with E-state index in [1.165, 1.54) is 11.1 Å². The number of carbonyl (C=O) groups excluding carboxylic acids is 1. The van der Waals surface area contributed by atoms with E-state index in [1.807, 2.05) is 7.05 Å². The minimum atomic E-state index is 0.148. The van der Waals surface area contributed by atoms with Crippen LogP contribution in [0.25, 0.3) is 0 Å². The summed E-state index contributed by atoms with van der Waals surface area (Å²) in [6.45, 7) is 11.1. The first-order valence-electron chi connectivity index (χ1n) is 8.32. The first-order valence-corrected chi connectivity index (χ1v) is 8.32. The van der Waals surface area contributed by atoms with Crippen molar-refractivity contribution in [3.8, 4) is 0 Å². The average molecular weight is 303 g/mol. The maximum atomic E-state index is 11.2. The van der Waals surface area contributed by atoms with Crippen LogP contribution in [-0.4, -0.2) is 66.9 Å². The molecule has 0 aliphatic carbocycles. The summed E-state index contributed by atoms with van der Waals surface area (Å²) in [4.78, 5) is 18.0. The molecule has 1 amide bonds. The predicted octanol–water partition coefficient (Wildman–Crippen LogP) is 1.84. The summed E-state index contributed by atoms with van der Waals surface area (Å²) in [6, 6.07) is 8.93. The van der Waals surface area contributed by atoms with E-state index in [4.69, 9.17) is 0 Å². The summed E-state index contributed by atoms with van der Waals surface area (Å²) in [5.74, 6) is 0.148. The fourth-order valence-corrected chi connectivity index (χ4v) is 2.83. The van der Waals surface area contributed by atoms with Gasteiger partial charge in [0.25, 0.3) is 0 Å². The number of hydrogen-bond donors (Lipinski definition) is 0. The fourth-order valence-electron chi connectivity index (χ4n) is 2.83. The number of nitrogens with zero attached hydrogens (tertiary/aromatic N) is 3. The first-order chi connectivity index (χ1) is 10.6. The number of hydrogen-bond acceptors (Lipinski definition) is 3. The molecule has 0 radical (unpaired) electrons. The van der Waals surface area contributed by atoms with Crippen molar-refractivity contribution >= 4 is 5.91 Å². The van der Waals surface area contributed by atoms with Crippen molar-refractivity contribution in [1.29, 1.82) is 0 Å². The van der Waals surface area contributed by atoms with Gasteiger partial charge < -0.3 is 4.90 Å². The SMILES string of the molecule is CCc1cccc(CN2CCN(CCN(C)C(C)=O)CC2)c1. The van der Waals surface area contributed by atoms with E-state index in [2.05, 4.69) is 41.0 Å². The van der Waals surface area contributed by atoms with Crippen molar-refractivity contribution < 1.29 is 4.79 Å². The molecule has 1 aromatic carbocycles. The minimum Gasteiger partial charge on any atom is -0.345 e. The molecule has 4 nitrogen and oxygen atoms in total. The number of aryl methyl sites for hydroxylation is 1. The Morgan fingerprint density at radius 1 is 1.14 bits per heavy atom. The average Bonchev–Trinajstić information content (AvgIpc) is 2.54. The number of amides is 1. The van der Waals surface area contributed by atoms with Crippen LogP contribution in [0, 0.1) is 0 Å². The van der Waals surface area contributed by atoms with Gasteiger partial charge in [-0.3, -0.25) is 14.6 Å². The second-order valence-electron chi connectivity index (χ2n) is 6.23. The highest BCUT2D eigenvalue weighted by Gasteiger charge is 2.17. The molecule has 1 fully saturated rings. The third kappa shape index (κ3) is 5.11. The normalized spacial score (nSPS) is 16.7. The molecule has 0 bridgehead atoms. The standard InChI is InChI=1S/C18H29N3O/c1-4-17-6-5-7-18(14-17)15-21-12-10-20(11-13-21)9-8-19(3)16(2)22/h5-7,14H,4,8-13,15H2,1-3H3. The summed E-state index contributed by atoms with van der Waals surface area (Å²) in [5, 5.41) is 0. The van der Waals surface area contributed by atoms with Gasteiger partial charge in [-0.1, -0.05) is 31.2 Å². The zero-order valence-corrected chi connectivity index (χ0v) is 14.2. The van der Waals surface area contributed by atoms with Crippen molar-refractivity contribution in [3.63, 3.8) is 0 Å². The highest BCUT2D eigenvalue weighted by atomic mass is 16.2. The lowest BCUT2D eigenvalue weighted by molar-refractivity contribution is -0.127. The highest BCUT2D eigenvalue weighted by molar-refractivity contribution is 5.72. The predicted molar refractivity (Wildman–Crippen MR) is 90.8 cm³/mol. The van der Waals surface area contributed by atoms with Crippen LogP contribution < -0.4 is 0 Å². The molecule has 0 N–H and O–H groups in total. The van der Waals surface area contributed by atoms with E-state index >= 15 is 0 Å². The highest BCUT2D eigenvalue weighted by Crippen LogP contribution is 2.11. The van der Waals surface area contributed by atoms with Crippen LogP contribution in [-0.2, 0) is 17.8 Å². The van der Waals surface area contributed by atoms with Crippen LogP contribution in [0.4, 0.5) is 0 Å². The quantitative estimate of drug-likeness (QED) is 0.802. The Hall–Kier alpha value is -1.39. The largest absolute Gasteiger partial charge is 0.345 e. The molecule has 0 atom stereocenters. The van der Waals surface area contributed by atoms with E-state index in [1.54, 1.807) is 11.8 Å². The van der Waals surface area contributed by atoms with E-state index in [0.29, 0.717) is 0 Å². The molecule has 1 saturated heterocycles. The molecule has 1 aromatic rings. The van der Waals surface area contributed by atoms with Gasteiger partial charge >= 0.3 is 0 Å². The maximum Gasteiger partial charge on any atom is 0.219 e. The number of carbonyl (C=O) groups is 1. The molecular formula is C18H29N3O. The third-order valence-corrected chi connectivity index (χ3v) is 4.56. The van der Waals surface area contributed by atoms with E-state index in [9.17, 15) is 4.79 Å². The molecule has 1 aliphatic rings. The lowest BCUT2D eigenvalue weighted by Gasteiger charge is -2.35. The van der Waals surface area contributed by atoms with Crippen LogP contribution in [0.2, 0.25) is 0 Å². The zero-order valence-electron chi connectivity index (χ0n) is 14.2. The van der Waals surface area contributed by atoms with E-state index in [0.717, 1.165) is 52.2 Å². The number of rotatable bonds is 6. The second kappa shape index (κ2) is 8.30. The Balaban J connectivity index is 1.73. The molecule has 4 heteroatoms. The number of benzene rings is 1. The molecule has 22 heavy (non-hydrogen) atoms. The Morgan fingerprint density at radius 3 is 2.41 bits per heavy atom. The Bertz CT molecular complexity index is 481. The Labute approximate surface area is 134 Å². The van der Waals surface area contributed by atoms with Crippen LogP contribution >= 0.6 is 0 Å². The van der Waals surface area contributed by atoms with Crippen molar-refractivity contribution in [2.24, 2.45) is 0 Å². The molecule has 0 saturated carbocycles. The van der Waals surface area contributed by atoms with Crippen molar-refractivity contribution in [2.75, 3.05) is 46.3 Å². The van der Waals surface area contributed by atoms with Gasteiger partial charge in [-0.2, -0.15) is 0 Å². The Kier molecular flexibility index (Phi) is 6.40. The van der Waals surface area contributed by atoms with Gasteiger partial charge in [0.2, 0.25) is 5.91 Å². The van der Waals surface area contributed by atoms with E-state index in [-0.39, 0.29) is 5.91 Å². The van der Waals surface area contributed by atoms with Crippen LogP contribution in [0.5, 0.6) is 0 Å². The lowest BCUT2D eigenvalue weighted by atomic mass is 10.1. The van der Waals surface area contributed by atoms with Gasteiger partial charge in [-0.05, 0) is 17.5 Å². The summed E-state index contributed by atoms with van der Waals surface area (Å²) in [5.41, 5.74) is 2.84. The summed E-state index contributed by atoms with van der Waals surface area (Å²) in [7, 11) is 1.87. The molecule has 2 rings (SSSR count). The third-order valence-electron chi connectivity index (χ3n) is 4.56. The summed E-state index contributed by atoms with van der Waals surface area (Å²) < 4.78 is 0. The number of likely N-dealkylation sites (N-methyl/N-ethyl adjacent to an activating group) is 1. The molecule has 122 valence electrons. The van der Waals surface area contributed by atoms with Crippen molar-refractivity contribution in [2.45, 2.75) is 26.8 Å². The summed E-state index contributed by atoms with van der Waals surface area (Å²) in [6.07, 6.45) is 1.10. The molecule has 0 spiro atoms. The zero-order chi connectivity index (χ0) is 15.9. The lowest BCUT2D eigenvalue weighted by Crippen LogP contribution is -2.48. The molecule has 1 heterocycles. The van der Waals surface area contributed by atoms with Gasteiger partial charge in [0, 0.05) is 59.8 Å².